The van der Waals surface area contributed by atoms with Crippen molar-refractivity contribution in [3.8, 4) is 0 Å². The fourth-order valence-corrected chi connectivity index (χ4v) is 13.8. The monoisotopic (exact) mass is 1800 g/mol. The zero-order valence-electron chi connectivity index (χ0n) is 78.0. The van der Waals surface area contributed by atoms with Crippen LogP contribution in [0.15, 0.2) is 103 Å². The summed E-state index contributed by atoms with van der Waals surface area (Å²) in [6.45, 7) is 41.2. The summed E-state index contributed by atoms with van der Waals surface area (Å²) in [6, 6.07) is 30.3. The molecule has 8 aromatic heterocycles. The Kier molecular flexibility index (Phi) is 39.2. The third-order valence-corrected chi connectivity index (χ3v) is 19.3. The van der Waals surface area contributed by atoms with E-state index in [0.717, 1.165) is 55.7 Å². The molecule has 0 unspecified atom stereocenters. The lowest BCUT2D eigenvalue weighted by Crippen LogP contribution is -2.53. The number of carbonyl (C=O) groups excluding carboxylic acids is 5. The van der Waals surface area contributed by atoms with Gasteiger partial charge in [-0.3, -0.25) is 25.0 Å². The molecular weight excluding hydrogens is 1670 g/mol. The highest BCUT2D eigenvalue weighted by atomic mass is 16.6. The summed E-state index contributed by atoms with van der Waals surface area (Å²) in [5, 5.41) is 52.1. The highest BCUT2D eigenvalue weighted by molar-refractivity contribution is 6.13. The first-order chi connectivity index (χ1) is 62.2. The van der Waals surface area contributed by atoms with Gasteiger partial charge in [-0.05, 0) is 134 Å². The number of rotatable bonds is 46. The summed E-state index contributed by atoms with van der Waals surface area (Å²) in [6.07, 6.45) is 1.18. The molecule has 0 bridgehead atoms. The molecule has 0 spiro atoms. The number of anilines is 4. The second-order valence-corrected chi connectivity index (χ2v) is 33.0. The van der Waals surface area contributed by atoms with E-state index in [0.29, 0.717) is 192 Å². The standard InChI is InChI=1S/C27H39N5O6.C24H35N5O5.C22H30N4O5.C20H26N4O3/c1-7-36-13-14-38-16-21(33)31-27(5,6)25(34)30-24-22-23(18-11-9-10-12-19(18)28-24)32(17-26(3,4)35)20(29-22)15-37-8-2;1-5-32-13-14-34-12-11-25-23(30)28-22-20-21(17-9-7-8-10-18(17)26-22)29(16-24(3,4)31)19(27-20)15-33-6-2;1-5-29-11-12-31-21(27)25-20-18-19(15-9-7-8-10-16(15)23-20)26(14-22(3,4)28)17(24-18)13-30-6-2;1-4-26-9-10-27-12-17(25)23-20-18-19(24(13-21-18)11-14(2)3)15-7-5-6-8-16(15)22-20/h9-12,35H,7-8,13-17H2,1-6H3,(H,31,33)(H,28,30,34);7-10,31H,5-6,11-16H2,1-4H3,(H2,25,26,28,30);7-10,28H,5-6,11-14H2,1-4H3,(H,23,25,27);5-8,13-14H,4,9-12H2,1-3H3,(H,22,23,25). The number of imidazole rings is 4. The molecule has 0 radical (unpaired) electrons. The lowest BCUT2D eigenvalue weighted by atomic mass is 10.0. The van der Waals surface area contributed by atoms with Crippen LogP contribution < -0.4 is 31.9 Å². The van der Waals surface area contributed by atoms with E-state index < -0.39 is 46.3 Å². The first kappa shape index (κ1) is 103. The largest absolute Gasteiger partial charge is 0.447 e. The summed E-state index contributed by atoms with van der Waals surface area (Å²) >= 11 is 0. The van der Waals surface area contributed by atoms with Crippen molar-refractivity contribution in [1.82, 2.24) is 68.8 Å². The Morgan fingerprint density at radius 2 is 0.731 bits per heavy atom. The van der Waals surface area contributed by atoms with Crippen molar-refractivity contribution < 1.29 is 91.4 Å². The maximum Gasteiger partial charge on any atom is 0.412 e. The van der Waals surface area contributed by atoms with Crippen LogP contribution in [0, 0.1) is 5.92 Å². The van der Waals surface area contributed by atoms with Gasteiger partial charge in [0.2, 0.25) is 5.91 Å². The average Bonchev–Trinajstić information content (AvgIpc) is 1.60. The highest BCUT2D eigenvalue weighted by Crippen LogP contribution is 2.37. The number of hydrogen-bond donors (Lipinski definition) is 9. The number of aromatic nitrogens is 12. The lowest BCUT2D eigenvalue weighted by Gasteiger charge is -2.25. The van der Waals surface area contributed by atoms with Crippen LogP contribution in [0.5, 0.6) is 0 Å². The molecule has 37 heteroatoms. The highest BCUT2D eigenvalue weighted by Gasteiger charge is 2.33. The number of fused-ring (bicyclic) bond motifs is 12. The normalized spacial score (nSPS) is 11.9. The van der Waals surface area contributed by atoms with Crippen molar-refractivity contribution >= 4 is 141 Å². The zero-order valence-corrected chi connectivity index (χ0v) is 78.0. The Hall–Kier alpha value is -11.2. The number of ether oxygens (including phenoxy) is 11. The first-order valence-electron chi connectivity index (χ1n) is 44.2. The van der Waals surface area contributed by atoms with Crippen LogP contribution in [0.2, 0.25) is 0 Å². The van der Waals surface area contributed by atoms with E-state index in [1.54, 1.807) is 55.4 Å². The van der Waals surface area contributed by atoms with Gasteiger partial charge in [0.15, 0.2) is 23.3 Å². The molecule has 0 saturated carbocycles. The molecule has 37 nitrogen and oxygen atoms in total. The van der Waals surface area contributed by atoms with E-state index in [-0.39, 0.29) is 64.5 Å². The van der Waals surface area contributed by atoms with Crippen LogP contribution in [0.4, 0.5) is 32.9 Å². The Bertz CT molecular complexity index is 5690. The molecule has 6 amide bonds. The summed E-state index contributed by atoms with van der Waals surface area (Å²) in [5.74, 6) is 2.59. The number of nitrogens with one attached hydrogen (secondary N) is 6. The number of amides is 6. The third-order valence-electron chi connectivity index (χ3n) is 19.3. The van der Waals surface area contributed by atoms with Crippen molar-refractivity contribution in [2.45, 2.75) is 186 Å². The quantitative estimate of drug-likeness (QED) is 0.0160. The maximum absolute atomic E-state index is 13.3. The molecular formula is C93H130N18O19. The first-order valence-corrected chi connectivity index (χ1v) is 44.2. The molecule has 0 atom stereocenters. The topological polar surface area (TPSA) is 443 Å². The van der Waals surface area contributed by atoms with Gasteiger partial charge in [-0.1, -0.05) is 86.6 Å². The molecule has 0 saturated heterocycles. The number of carbonyl (C=O) groups is 5. The second-order valence-electron chi connectivity index (χ2n) is 33.0. The van der Waals surface area contributed by atoms with E-state index in [2.05, 4.69) is 75.2 Å². The van der Waals surface area contributed by atoms with E-state index in [1.807, 2.05) is 166 Å². The van der Waals surface area contributed by atoms with E-state index in [4.69, 9.17) is 67.1 Å². The smallest absolute Gasteiger partial charge is 0.412 e. The predicted octanol–water partition coefficient (Wildman–Crippen LogP) is 12.6. The van der Waals surface area contributed by atoms with Crippen molar-refractivity contribution in [3.05, 3.63) is 121 Å². The molecule has 8 heterocycles. The number of para-hydroxylation sites is 4. The number of aliphatic hydroxyl groups is 3. The minimum atomic E-state index is -1.26. The molecule has 0 aliphatic rings. The average molecular weight is 1800 g/mol. The van der Waals surface area contributed by atoms with Crippen LogP contribution >= 0.6 is 0 Å². The number of pyridine rings is 4. The van der Waals surface area contributed by atoms with Crippen LogP contribution in [-0.2, 0) is 112 Å². The fraction of sp³-hybridized carbons (Fsp3) is 0.516. The molecule has 0 aliphatic carbocycles. The number of urea groups is 1. The number of benzene rings is 4. The van der Waals surface area contributed by atoms with Gasteiger partial charge in [0.25, 0.3) is 11.8 Å². The number of hydrogen-bond acceptors (Lipinski definition) is 27. The van der Waals surface area contributed by atoms with Gasteiger partial charge in [0, 0.05) is 80.9 Å². The third kappa shape index (κ3) is 29.9. The fourth-order valence-electron chi connectivity index (χ4n) is 13.8. The molecule has 130 heavy (non-hydrogen) atoms. The van der Waals surface area contributed by atoms with Crippen molar-refractivity contribution in [2.24, 2.45) is 5.92 Å². The molecule has 12 aromatic rings. The molecule has 4 aromatic carbocycles. The predicted molar refractivity (Wildman–Crippen MR) is 500 cm³/mol. The molecule has 9 N–H and O–H groups in total. The van der Waals surface area contributed by atoms with Gasteiger partial charge in [-0.2, -0.15) is 0 Å². The van der Waals surface area contributed by atoms with E-state index >= 15 is 0 Å². The van der Waals surface area contributed by atoms with Crippen LogP contribution in [0.1, 0.15) is 135 Å². The van der Waals surface area contributed by atoms with Gasteiger partial charge in [-0.25, -0.2) is 49.5 Å². The van der Waals surface area contributed by atoms with Crippen molar-refractivity contribution in [3.63, 3.8) is 0 Å². The maximum atomic E-state index is 13.3. The second kappa shape index (κ2) is 49.7. The Morgan fingerprint density at radius 3 is 1.12 bits per heavy atom. The number of nitrogens with zero attached hydrogens (tertiary/aromatic N) is 12. The van der Waals surface area contributed by atoms with Crippen molar-refractivity contribution in [2.75, 3.05) is 147 Å². The zero-order chi connectivity index (χ0) is 94.1. The van der Waals surface area contributed by atoms with Gasteiger partial charge in [0.05, 0.1) is 140 Å². The van der Waals surface area contributed by atoms with E-state index in [1.165, 1.54) is 0 Å². The van der Waals surface area contributed by atoms with Crippen LogP contribution in [0.25, 0.3) is 87.7 Å². The minimum absolute atomic E-state index is 0.0459. The van der Waals surface area contributed by atoms with Crippen molar-refractivity contribution in [1.29, 1.82) is 0 Å². The molecule has 0 aliphatic heterocycles. The summed E-state index contributed by atoms with van der Waals surface area (Å²) in [5.41, 5.74) is 4.12. The molecule has 0 fully saturated rings. The van der Waals surface area contributed by atoms with Gasteiger partial charge >= 0.3 is 12.1 Å². The molecule has 706 valence electrons. The summed E-state index contributed by atoms with van der Waals surface area (Å²) in [7, 11) is 0. The minimum Gasteiger partial charge on any atom is -0.447 e. The summed E-state index contributed by atoms with van der Waals surface area (Å²) in [4.78, 5) is 100. The van der Waals surface area contributed by atoms with Gasteiger partial charge in [0.1, 0.15) is 84.7 Å². The lowest BCUT2D eigenvalue weighted by molar-refractivity contribution is -0.132. The van der Waals surface area contributed by atoms with Crippen LogP contribution in [-0.4, -0.2) is 251 Å². The summed E-state index contributed by atoms with van der Waals surface area (Å²) < 4.78 is 66.8. The molecule has 12 rings (SSSR count). The van der Waals surface area contributed by atoms with Gasteiger partial charge < -0.3 is 107 Å². The Labute approximate surface area is 757 Å². The van der Waals surface area contributed by atoms with Crippen LogP contribution in [0.3, 0.4) is 0 Å². The van der Waals surface area contributed by atoms with Gasteiger partial charge in [-0.15, -0.1) is 0 Å². The Balaban J connectivity index is 0.000000197. The SMILES string of the molecule is CCOCCOC(=O)Nc1nc2ccccc2c2c1nc(COCC)n2CC(C)(C)O.CCOCCOCC(=O)NC(C)(C)C(=O)Nc1nc2ccccc2c2c1nc(COCC)n2CC(C)(C)O.CCOCCOCC(=O)Nc1nc2ccccc2c2c1ncn2CC(C)C.CCOCCOCCNC(=O)Nc1nc2ccccc2c2c1nc(COCC)n2CC(C)(C)O. The van der Waals surface area contributed by atoms with E-state index in [9.17, 15) is 39.3 Å². The Morgan fingerprint density at radius 1 is 0.385 bits per heavy atom.